The summed E-state index contributed by atoms with van der Waals surface area (Å²) >= 11 is 11.8. The van der Waals surface area contributed by atoms with E-state index in [1.54, 1.807) is 0 Å². The van der Waals surface area contributed by atoms with Crippen molar-refractivity contribution in [3.63, 3.8) is 0 Å². The molecule has 0 fully saturated rings. The lowest BCUT2D eigenvalue weighted by Gasteiger charge is -2.08. The van der Waals surface area contributed by atoms with Crippen molar-refractivity contribution in [3.05, 3.63) is 81.9 Å². The van der Waals surface area contributed by atoms with E-state index in [0.717, 1.165) is 22.6 Å². The molecule has 0 aliphatic heterocycles. The zero-order valence-corrected chi connectivity index (χ0v) is 20.2. The Morgan fingerprint density at radius 3 is 1.38 bits per heavy atom. The minimum Gasteiger partial charge on any atom is -0.245 e. The van der Waals surface area contributed by atoms with Crippen molar-refractivity contribution in [1.82, 2.24) is 10.9 Å². The summed E-state index contributed by atoms with van der Waals surface area (Å²) in [7, 11) is 0. The number of carbonyl (C=O) groups excluding carboxylic acids is 1. The van der Waals surface area contributed by atoms with Crippen LogP contribution in [0, 0.1) is 11.8 Å². The molecule has 0 saturated carbocycles. The second-order valence-electron chi connectivity index (χ2n) is 7.71. The number of hydrazone groups is 2. The first-order valence-corrected chi connectivity index (χ1v) is 11.1. The van der Waals surface area contributed by atoms with Crippen LogP contribution < -0.4 is 10.9 Å². The molecule has 2 aromatic rings. The first-order chi connectivity index (χ1) is 15.2. The van der Waals surface area contributed by atoms with Gasteiger partial charge in [-0.1, -0.05) is 87.3 Å². The predicted octanol–water partition coefficient (Wildman–Crippen LogP) is 7.04. The Balaban J connectivity index is 2.01. The molecule has 0 aliphatic rings. The number of carbonyl (C=O) groups is 1. The van der Waals surface area contributed by atoms with E-state index in [4.69, 9.17) is 23.2 Å². The molecule has 0 aromatic heterocycles. The number of benzene rings is 2. The maximum Gasteiger partial charge on any atom is 0.355 e. The fraction of sp³-hybridized carbons (Fsp3) is 0.240. The van der Waals surface area contributed by atoms with Crippen LogP contribution in [0.4, 0.5) is 4.79 Å². The van der Waals surface area contributed by atoms with E-state index in [1.807, 2.05) is 101 Å². The molecule has 0 aliphatic carbocycles. The number of amides is 2. The normalized spacial score (nSPS) is 12.9. The van der Waals surface area contributed by atoms with Gasteiger partial charge in [0.15, 0.2) is 0 Å². The minimum absolute atomic E-state index is 0.121. The SMILES string of the molecule is CC(C)C(/C=C/c1ccc(Cl)cc1)=N/NC(=O)N/N=C(\C=C\c1ccc(Cl)cc1)C(C)C. The van der Waals surface area contributed by atoms with Gasteiger partial charge in [-0.2, -0.15) is 10.2 Å². The fourth-order valence-electron chi connectivity index (χ4n) is 2.48. The Bertz CT molecular complexity index is 924. The van der Waals surface area contributed by atoms with Crippen molar-refractivity contribution >= 4 is 52.8 Å². The van der Waals surface area contributed by atoms with Gasteiger partial charge in [-0.15, -0.1) is 0 Å². The Morgan fingerprint density at radius 1 is 0.719 bits per heavy atom. The van der Waals surface area contributed by atoms with Gasteiger partial charge in [0.1, 0.15) is 0 Å². The molecule has 2 amide bonds. The molecule has 0 saturated heterocycles. The number of urea groups is 1. The highest BCUT2D eigenvalue weighted by Crippen LogP contribution is 2.12. The number of halogens is 2. The van der Waals surface area contributed by atoms with Crippen molar-refractivity contribution in [2.75, 3.05) is 0 Å². The summed E-state index contributed by atoms with van der Waals surface area (Å²) in [5.74, 6) is 0.242. The van der Waals surface area contributed by atoms with Crippen LogP contribution in [0.3, 0.4) is 0 Å². The molecule has 0 atom stereocenters. The number of rotatable bonds is 8. The molecule has 0 heterocycles. The number of nitrogens with zero attached hydrogens (tertiary/aromatic N) is 2. The topological polar surface area (TPSA) is 65.8 Å². The van der Waals surface area contributed by atoms with Crippen LogP contribution in [-0.4, -0.2) is 17.5 Å². The second kappa shape index (κ2) is 12.8. The average molecular weight is 471 g/mol. The largest absolute Gasteiger partial charge is 0.355 e. The molecule has 0 unspecified atom stereocenters. The fourth-order valence-corrected chi connectivity index (χ4v) is 2.74. The summed E-state index contributed by atoms with van der Waals surface area (Å²) in [6, 6.07) is 14.4. The Labute approximate surface area is 199 Å². The van der Waals surface area contributed by atoms with E-state index in [2.05, 4.69) is 21.1 Å². The van der Waals surface area contributed by atoms with E-state index in [1.165, 1.54) is 0 Å². The molecule has 0 spiro atoms. The van der Waals surface area contributed by atoms with E-state index >= 15 is 0 Å². The van der Waals surface area contributed by atoms with Gasteiger partial charge in [0.25, 0.3) is 0 Å². The maximum atomic E-state index is 12.2. The third-order valence-electron chi connectivity index (χ3n) is 4.39. The van der Waals surface area contributed by atoms with Gasteiger partial charge >= 0.3 is 6.03 Å². The molecule has 168 valence electrons. The van der Waals surface area contributed by atoms with Gasteiger partial charge < -0.3 is 0 Å². The van der Waals surface area contributed by atoms with Crippen LogP contribution in [0.5, 0.6) is 0 Å². The third-order valence-corrected chi connectivity index (χ3v) is 4.89. The van der Waals surface area contributed by atoms with Crippen molar-refractivity contribution in [2.24, 2.45) is 22.0 Å². The quantitative estimate of drug-likeness (QED) is 0.315. The molecule has 7 heteroatoms. The highest BCUT2D eigenvalue weighted by molar-refractivity contribution is 6.30. The van der Waals surface area contributed by atoms with Crippen LogP contribution in [0.2, 0.25) is 10.0 Å². The lowest BCUT2D eigenvalue weighted by Crippen LogP contribution is -2.31. The van der Waals surface area contributed by atoms with Crippen LogP contribution in [0.25, 0.3) is 12.2 Å². The average Bonchev–Trinajstić information content (AvgIpc) is 2.75. The van der Waals surface area contributed by atoms with Gasteiger partial charge in [0.2, 0.25) is 0 Å². The third kappa shape index (κ3) is 9.08. The van der Waals surface area contributed by atoms with Crippen molar-refractivity contribution in [2.45, 2.75) is 27.7 Å². The number of hydrogen-bond acceptors (Lipinski definition) is 3. The highest BCUT2D eigenvalue weighted by atomic mass is 35.5. The lowest BCUT2D eigenvalue weighted by molar-refractivity contribution is 0.241. The number of hydrogen-bond donors (Lipinski definition) is 2. The van der Waals surface area contributed by atoms with Gasteiger partial charge in [-0.05, 0) is 59.4 Å². The zero-order chi connectivity index (χ0) is 23.5. The van der Waals surface area contributed by atoms with Crippen molar-refractivity contribution in [1.29, 1.82) is 0 Å². The molecule has 2 rings (SSSR count). The Hall–Kier alpha value is -2.89. The Morgan fingerprint density at radius 2 is 1.06 bits per heavy atom. The van der Waals surface area contributed by atoms with Crippen LogP contribution in [0.1, 0.15) is 38.8 Å². The summed E-state index contributed by atoms with van der Waals surface area (Å²) in [6.07, 6.45) is 7.58. The molecule has 2 N–H and O–H groups in total. The standard InChI is InChI=1S/C25H28Cl2N4O/c1-17(2)23(15-9-19-5-11-21(26)12-6-19)28-30-25(32)31-29-24(18(3)4)16-10-20-7-13-22(27)14-8-20/h5-18H,1-4H3,(H2,30,31,32)/b15-9+,16-10+,28-23+,29-24+. The monoisotopic (exact) mass is 470 g/mol. The zero-order valence-electron chi connectivity index (χ0n) is 18.6. The number of allylic oxidation sites excluding steroid dienone is 2. The smallest absolute Gasteiger partial charge is 0.245 e. The van der Waals surface area contributed by atoms with Gasteiger partial charge in [0, 0.05) is 10.0 Å². The van der Waals surface area contributed by atoms with Gasteiger partial charge in [-0.25, -0.2) is 15.6 Å². The van der Waals surface area contributed by atoms with E-state index in [-0.39, 0.29) is 11.8 Å². The summed E-state index contributed by atoms with van der Waals surface area (Å²) in [5.41, 5.74) is 8.45. The van der Waals surface area contributed by atoms with E-state index in [0.29, 0.717) is 10.0 Å². The highest BCUT2D eigenvalue weighted by Gasteiger charge is 2.06. The number of nitrogens with one attached hydrogen (secondary N) is 2. The summed E-state index contributed by atoms with van der Waals surface area (Å²) in [4.78, 5) is 12.2. The van der Waals surface area contributed by atoms with Crippen LogP contribution in [-0.2, 0) is 0 Å². The van der Waals surface area contributed by atoms with Crippen molar-refractivity contribution < 1.29 is 4.79 Å². The first kappa shape index (κ1) is 25.4. The molecule has 0 radical (unpaired) electrons. The van der Waals surface area contributed by atoms with Gasteiger partial charge in [0.05, 0.1) is 11.4 Å². The molecule has 5 nitrogen and oxygen atoms in total. The van der Waals surface area contributed by atoms with E-state index in [9.17, 15) is 4.79 Å². The molecule has 0 bridgehead atoms. The van der Waals surface area contributed by atoms with E-state index < -0.39 is 6.03 Å². The maximum absolute atomic E-state index is 12.2. The summed E-state index contributed by atoms with van der Waals surface area (Å²) in [6.45, 7) is 8.00. The lowest BCUT2D eigenvalue weighted by atomic mass is 10.1. The Kier molecular flexibility index (Phi) is 10.2. The second-order valence-corrected chi connectivity index (χ2v) is 8.58. The summed E-state index contributed by atoms with van der Waals surface area (Å²) < 4.78 is 0. The summed E-state index contributed by atoms with van der Waals surface area (Å²) in [5, 5.41) is 9.81. The van der Waals surface area contributed by atoms with Crippen LogP contribution in [0.15, 0.2) is 70.9 Å². The van der Waals surface area contributed by atoms with Crippen molar-refractivity contribution in [3.8, 4) is 0 Å². The predicted molar refractivity (Wildman–Crippen MR) is 137 cm³/mol. The van der Waals surface area contributed by atoms with Crippen LogP contribution >= 0.6 is 23.2 Å². The molecule has 32 heavy (non-hydrogen) atoms. The molecule has 2 aromatic carbocycles. The molecular weight excluding hydrogens is 443 g/mol. The van der Waals surface area contributed by atoms with Gasteiger partial charge in [-0.3, -0.25) is 0 Å². The molecular formula is C25H28Cl2N4O. The minimum atomic E-state index is -0.513. The first-order valence-electron chi connectivity index (χ1n) is 10.3.